The molecule has 1 aliphatic carbocycles. The van der Waals surface area contributed by atoms with Gasteiger partial charge in [-0.15, -0.1) is 0 Å². The van der Waals surface area contributed by atoms with Crippen LogP contribution in [0.4, 0.5) is 0 Å². The van der Waals surface area contributed by atoms with Crippen LogP contribution in [-0.2, 0) is 9.59 Å². The van der Waals surface area contributed by atoms with Crippen molar-refractivity contribution < 1.29 is 19.8 Å². The smallest absolute Gasteiger partial charge is 0.331 e. The molecule has 5 nitrogen and oxygen atoms in total. The first kappa shape index (κ1) is 12.4. The molecule has 1 unspecified atom stereocenters. The Hall–Kier alpha value is -2.04. The molecule has 0 aromatic heterocycles. The normalized spacial score (nSPS) is 16.1. The third kappa shape index (κ3) is 2.45. The summed E-state index contributed by atoms with van der Waals surface area (Å²) in [5.74, 6) is -1.22. The number of carbonyl (C=O) groups is 2. The van der Waals surface area contributed by atoms with Crippen molar-refractivity contribution in [2.45, 2.75) is 31.8 Å². The number of hydrogen-bond donors (Lipinski definition) is 2. The molecule has 0 aliphatic heterocycles. The number of carboxylic acid groups (broad SMARTS) is 1. The van der Waals surface area contributed by atoms with Crippen LogP contribution in [0.2, 0.25) is 0 Å². The minimum atomic E-state index is -1.05. The lowest BCUT2D eigenvalue weighted by atomic mass is 10.0. The average molecular weight is 249 g/mol. The van der Waals surface area contributed by atoms with Gasteiger partial charge in [-0.3, -0.25) is 4.79 Å². The minimum absolute atomic E-state index is 0.0254. The molecule has 0 heterocycles. The Kier molecular flexibility index (Phi) is 3.23. The van der Waals surface area contributed by atoms with Crippen LogP contribution in [-0.4, -0.2) is 33.0 Å². The van der Waals surface area contributed by atoms with E-state index in [-0.39, 0.29) is 17.7 Å². The first-order valence-corrected chi connectivity index (χ1v) is 5.81. The van der Waals surface area contributed by atoms with Crippen LogP contribution in [0.25, 0.3) is 0 Å². The molecule has 96 valence electrons. The van der Waals surface area contributed by atoms with E-state index in [0.29, 0.717) is 5.56 Å². The second-order valence-corrected chi connectivity index (χ2v) is 4.49. The van der Waals surface area contributed by atoms with E-state index in [2.05, 4.69) is 0 Å². The van der Waals surface area contributed by atoms with E-state index in [1.54, 1.807) is 0 Å². The molecule has 18 heavy (non-hydrogen) atoms. The number of amides is 1. The van der Waals surface area contributed by atoms with E-state index in [4.69, 9.17) is 0 Å². The lowest BCUT2D eigenvalue weighted by Crippen LogP contribution is -2.39. The SMILES string of the molecule is CC(=O)N(C1CC1)C(C(=O)O)c1ccc(O)cc1. The van der Waals surface area contributed by atoms with Crippen molar-refractivity contribution in [1.29, 1.82) is 0 Å². The second kappa shape index (κ2) is 4.68. The summed E-state index contributed by atoms with van der Waals surface area (Å²) >= 11 is 0. The summed E-state index contributed by atoms with van der Waals surface area (Å²) in [6, 6.07) is 4.97. The lowest BCUT2D eigenvalue weighted by molar-refractivity contribution is -0.150. The van der Waals surface area contributed by atoms with Gasteiger partial charge in [-0.25, -0.2) is 4.79 Å². The Balaban J connectivity index is 2.35. The first-order valence-electron chi connectivity index (χ1n) is 5.81. The third-order valence-corrected chi connectivity index (χ3v) is 3.02. The van der Waals surface area contributed by atoms with E-state index in [0.717, 1.165) is 12.8 Å². The third-order valence-electron chi connectivity index (χ3n) is 3.02. The zero-order valence-electron chi connectivity index (χ0n) is 10.0. The Morgan fingerprint density at radius 1 is 1.28 bits per heavy atom. The number of benzene rings is 1. The van der Waals surface area contributed by atoms with Crippen molar-refractivity contribution >= 4 is 11.9 Å². The van der Waals surface area contributed by atoms with Crippen LogP contribution in [0.15, 0.2) is 24.3 Å². The van der Waals surface area contributed by atoms with Gasteiger partial charge in [-0.05, 0) is 30.5 Å². The van der Waals surface area contributed by atoms with Gasteiger partial charge in [0.05, 0.1) is 0 Å². The quantitative estimate of drug-likeness (QED) is 0.848. The van der Waals surface area contributed by atoms with Crippen molar-refractivity contribution in [3.63, 3.8) is 0 Å². The molecule has 1 aromatic carbocycles. The number of carboxylic acids is 1. The molecule has 5 heteroatoms. The Labute approximate surface area is 105 Å². The van der Waals surface area contributed by atoms with Crippen LogP contribution in [0.3, 0.4) is 0 Å². The van der Waals surface area contributed by atoms with E-state index >= 15 is 0 Å². The number of hydrogen-bond acceptors (Lipinski definition) is 3. The van der Waals surface area contributed by atoms with Crippen LogP contribution in [0.5, 0.6) is 5.75 Å². The fourth-order valence-corrected chi connectivity index (χ4v) is 2.08. The van der Waals surface area contributed by atoms with Gasteiger partial charge in [0.1, 0.15) is 5.75 Å². The van der Waals surface area contributed by atoms with Crippen molar-refractivity contribution in [2.24, 2.45) is 0 Å². The highest BCUT2D eigenvalue weighted by Crippen LogP contribution is 2.35. The standard InChI is InChI=1S/C13H15NO4/c1-8(15)14(10-4-5-10)12(13(17)18)9-2-6-11(16)7-3-9/h2-3,6-7,10,12,16H,4-5H2,1H3,(H,17,18). The number of phenolic OH excluding ortho intramolecular Hbond substituents is 1. The Morgan fingerprint density at radius 2 is 1.83 bits per heavy atom. The summed E-state index contributed by atoms with van der Waals surface area (Å²) in [4.78, 5) is 24.4. The Bertz CT molecular complexity index is 464. The van der Waals surface area contributed by atoms with Crippen molar-refractivity contribution in [3.05, 3.63) is 29.8 Å². The molecule has 0 saturated heterocycles. The lowest BCUT2D eigenvalue weighted by Gasteiger charge is -2.28. The summed E-state index contributed by atoms with van der Waals surface area (Å²) in [6.45, 7) is 1.38. The molecule has 1 aliphatic rings. The summed E-state index contributed by atoms with van der Waals surface area (Å²) in [5.41, 5.74) is 0.502. The number of rotatable bonds is 4. The van der Waals surface area contributed by atoms with Gasteiger partial charge in [-0.1, -0.05) is 12.1 Å². The van der Waals surface area contributed by atoms with E-state index in [9.17, 15) is 19.8 Å². The van der Waals surface area contributed by atoms with Crippen molar-refractivity contribution in [3.8, 4) is 5.75 Å². The maximum atomic E-state index is 11.6. The predicted molar refractivity (Wildman–Crippen MR) is 64.0 cm³/mol. The largest absolute Gasteiger partial charge is 0.508 e. The molecular formula is C13H15NO4. The topological polar surface area (TPSA) is 77.8 Å². The Morgan fingerprint density at radius 3 is 2.22 bits per heavy atom. The maximum Gasteiger partial charge on any atom is 0.331 e. The monoisotopic (exact) mass is 249 g/mol. The summed E-state index contributed by atoms with van der Waals surface area (Å²) in [6.07, 6.45) is 1.70. The van der Waals surface area contributed by atoms with Crippen LogP contribution in [0.1, 0.15) is 31.4 Å². The molecule has 1 amide bonds. The summed E-state index contributed by atoms with van der Waals surface area (Å²) in [7, 11) is 0. The van der Waals surface area contributed by atoms with Crippen LogP contribution < -0.4 is 0 Å². The number of phenols is 1. The first-order chi connectivity index (χ1) is 8.50. The highest BCUT2D eigenvalue weighted by molar-refractivity contribution is 5.84. The van der Waals surface area contributed by atoms with E-state index in [1.165, 1.54) is 36.1 Å². The highest BCUT2D eigenvalue weighted by Gasteiger charge is 2.39. The molecular weight excluding hydrogens is 234 g/mol. The van der Waals surface area contributed by atoms with Gasteiger partial charge in [0, 0.05) is 13.0 Å². The summed E-state index contributed by atoms with van der Waals surface area (Å²) in [5, 5.41) is 18.6. The number of nitrogens with zero attached hydrogens (tertiary/aromatic N) is 1. The molecule has 1 aromatic rings. The van der Waals surface area contributed by atoms with Gasteiger partial charge >= 0.3 is 5.97 Å². The van der Waals surface area contributed by atoms with Gasteiger partial charge in [0.2, 0.25) is 5.91 Å². The van der Waals surface area contributed by atoms with Crippen molar-refractivity contribution in [1.82, 2.24) is 4.90 Å². The fourth-order valence-electron chi connectivity index (χ4n) is 2.08. The van der Waals surface area contributed by atoms with E-state index < -0.39 is 12.0 Å². The number of carbonyl (C=O) groups excluding carboxylic acids is 1. The van der Waals surface area contributed by atoms with Gasteiger partial charge < -0.3 is 15.1 Å². The van der Waals surface area contributed by atoms with Crippen molar-refractivity contribution in [2.75, 3.05) is 0 Å². The molecule has 0 spiro atoms. The molecule has 0 bridgehead atoms. The molecule has 0 radical (unpaired) electrons. The van der Waals surface area contributed by atoms with Gasteiger partial charge in [0.25, 0.3) is 0 Å². The number of aliphatic carboxylic acids is 1. The maximum absolute atomic E-state index is 11.6. The zero-order chi connectivity index (χ0) is 13.3. The van der Waals surface area contributed by atoms with E-state index in [1.807, 2.05) is 0 Å². The number of aromatic hydroxyl groups is 1. The summed E-state index contributed by atoms with van der Waals surface area (Å²) < 4.78 is 0. The van der Waals surface area contributed by atoms with Crippen LogP contribution in [0, 0.1) is 0 Å². The molecule has 2 rings (SSSR count). The van der Waals surface area contributed by atoms with Gasteiger partial charge in [-0.2, -0.15) is 0 Å². The average Bonchev–Trinajstić information content (AvgIpc) is 3.10. The predicted octanol–water partition coefficient (Wildman–Crippen LogP) is 1.53. The fraction of sp³-hybridized carbons (Fsp3) is 0.385. The molecule has 1 fully saturated rings. The molecule has 1 atom stereocenters. The minimum Gasteiger partial charge on any atom is -0.508 e. The highest BCUT2D eigenvalue weighted by atomic mass is 16.4. The molecule has 2 N–H and O–H groups in total. The van der Waals surface area contributed by atoms with Gasteiger partial charge in [0.15, 0.2) is 6.04 Å². The second-order valence-electron chi connectivity index (χ2n) is 4.49. The van der Waals surface area contributed by atoms with Crippen LogP contribution >= 0.6 is 0 Å². The zero-order valence-corrected chi connectivity index (χ0v) is 10.0. The molecule has 1 saturated carbocycles.